The number of phosphoric acid groups is 2. The van der Waals surface area contributed by atoms with E-state index in [9.17, 15) is 43.2 Å². The van der Waals surface area contributed by atoms with Crippen molar-refractivity contribution in [3.8, 4) is 0 Å². The summed E-state index contributed by atoms with van der Waals surface area (Å²) in [6, 6.07) is 0. The Morgan fingerprint density at radius 3 is 1.03 bits per heavy atom. The predicted octanol–water partition coefficient (Wildman–Crippen LogP) is 8.97. The number of carbonyl (C=O) groups excluding carboxylic acids is 4. The second-order valence-electron chi connectivity index (χ2n) is 15.0. The van der Waals surface area contributed by atoms with Crippen molar-refractivity contribution in [2.24, 2.45) is 0 Å². The summed E-state index contributed by atoms with van der Waals surface area (Å²) in [4.78, 5) is 69.7. The molecule has 354 valence electrons. The van der Waals surface area contributed by atoms with Crippen LogP contribution in [0.3, 0.4) is 0 Å². The first-order valence-corrected chi connectivity index (χ1v) is 25.3. The Labute approximate surface area is 358 Å². The summed E-state index contributed by atoms with van der Waals surface area (Å²) in [6.45, 7) is 4.20. The number of esters is 4. The van der Waals surface area contributed by atoms with Gasteiger partial charge >= 0.3 is 39.5 Å². The van der Waals surface area contributed by atoms with Gasteiger partial charge in [0.1, 0.15) is 19.3 Å². The van der Waals surface area contributed by atoms with E-state index >= 15 is 0 Å². The highest BCUT2D eigenvalue weighted by molar-refractivity contribution is 7.47. The van der Waals surface area contributed by atoms with E-state index in [4.69, 9.17) is 37.0 Å². The Hall–Kier alpha value is -1.94. The monoisotopic (exact) mass is 904 g/mol. The van der Waals surface area contributed by atoms with Gasteiger partial charge in [-0.15, -0.1) is 0 Å². The summed E-state index contributed by atoms with van der Waals surface area (Å²) in [6.07, 6.45) is 15.2. The smallest absolute Gasteiger partial charge is 0.462 e. The molecule has 0 fully saturated rings. The van der Waals surface area contributed by atoms with Gasteiger partial charge in [0.05, 0.1) is 26.4 Å². The zero-order valence-electron chi connectivity index (χ0n) is 36.9. The molecule has 0 bridgehead atoms. The molecule has 17 nitrogen and oxygen atoms in total. The molecule has 0 heterocycles. The summed E-state index contributed by atoms with van der Waals surface area (Å²) in [5, 5.41) is 10.3. The molecule has 0 saturated heterocycles. The van der Waals surface area contributed by atoms with Crippen LogP contribution in [0.15, 0.2) is 0 Å². The van der Waals surface area contributed by atoms with Crippen LogP contribution in [0, 0.1) is 0 Å². The molecule has 0 spiro atoms. The van der Waals surface area contributed by atoms with Crippen molar-refractivity contribution >= 4 is 39.5 Å². The van der Waals surface area contributed by atoms with Crippen LogP contribution in [0.4, 0.5) is 0 Å². The number of aliphatic hydroxyl groups is 1. The molecule has 5 atom stereocenters. The predicted molar refractivity (Wildman–Crippen MR) is 225 cm³/mol. The molecule has 0 aliphatic carbocycles. The van der Waals surface area contributed by atoms with Crippen molar-refractivity contribution in [2.45, 2.75) is 200 Å². The van der Waals surface area contributed by atoms with Crippen molar-refractivity contribution in [3.63, 3.8) is 0 Å². The van der Waals surface area contributed by atoms with Crippen LogP contribution in [0.25, 0.3) is 0 Å². The van der Waals surface area contributed by atoms with Gasteiger partial charge in [-0.1, -0.05) is 130 Å². The largest absolute Gasteiger partial charge is 0.472 e. The number of aliphatic hydroxyl groups excluding tert-OH is 1. The van der Waals surface area contributed by atoms with Gasteiger partial charge < -0.3 is 33.8 Å². The molecule has 0 aliphatic heterocycles. The van der Waals surface area contributed by atoms with Crippen LogP contribution >= 0.6 is 15.6 Å². The summed E-state index contributed by atoms with van der Waals surface area (Å²) in [5.74, 6) is -2.23. The molecule has 0 aromatic carbocycles. The summed E-state index contributed by atoms with van der Waals surface area (Å²) < 4.78 is 65.9. The van der Waals surface area contributed by atoms with E-state index in [1.807, 2.05) is 20.8 Å². The van der Waals surface area contributed by atoms with Crippen LogP contribution in [0.2, 0.25) is 0 Å². The lowest BCUT2D eigenvalue weighted by atomic mass is 10.1. The molecule has 3 N–H and O–H groups in total. The van der Waals surface area contributed by atoms with Crippen LogP contribution in [-0.2, 0) is 65.4 Å². The minimum absolute atomic E-state index is 0.0883. The number of unbranched alkanes of at least 4 members (excludes halogenated alkanes) is 16. The van der Waals surface area contributed by atoms with E-state index in [0.717, 1.165) is 70.6 Å². The van der Waals surface area contributed by atoms with Crippen molar-refractivity contribution in [3.05, 3.63) is 0 Å². The fourth-order valence-electron chi connectivity index (χ4n) is 5.57. The molecule has 2 unspecified atom stereocenters. The number of ether oxygens (including phenoxy) is 4. The van der Waals surface area contributed by atoms with Crippen LogP contribution < -0.4 is 0 Å². The van der Waals surface area contributed by atoms with Gasteiger partial charge in [0.15, 0.2) is 12.2 Å². The summed E-state index contributed by atoms with van der Waals surface area (Å²) >= 11 is 0. The van der Waals surface area contributed by atoms with Crippen molar-refractivity contribution < 1.29 is 80.2 Å². The molecule has 19 heteroatoms. The molecular formula is C41H78O17P2. The third kappa shape index (κ3) is 36.7. The molecule has 0 radical (unpaired) electrons. The molecule has 0 aromatic heterocycles. The third-order valence-corrected chi connectivity index (χ3v) is 11.0. The van der Waals surface area contributed by atoms with Crippen molar-refractivity contribution in [1.29, 1.82) is 0 Å². The molecule has 60 heavy (non-hydrogen) atoms. The summed E-state index contributed by atoms with van der Waals surface area (Å²) in [7, 11) is -9.79. The highest BCUT2D eigenvalue weighted by Crippen LogP contribution is 2.45. The minimum Gasteiger partial charge on any atom is -0.462 e. The molecule has 0 amide bonds. The van der Waals surface area contributed by atoms with Gasteiger partial charge in [-0.05, 0) is 25.7 Å². The lowest BCUT2D eigenvalue weighted by Crippen LogP contribution is -2.30. The van der Waals surface area contributed by atoms with E-state index < -0.39 is 97.5 Å². The Bertz CT molecular complexity index is 1220. The Morgan fingerprint density at radius 1 is 0.400 bits per heavy atom. The van der Waals surface area contributed by atoms with Crippen LogP contribution in [0.1, 0.15) is 182 Å². The average molecular weight is 905 g/mol. The molecular weight excluding hydrogens is 826 g/mol. The van der Waals surface area contributed by atoms with E-state index in [1.165, 1.54) is 32.1 Å². The molecule has 0 aliphatic rings. The highest BCUT2D eigenvalue weighted by Gasteiger charge is 2.30. The molecule has 0 saturated carbocycles. The van der Waals surface area contributed by atoms with Gasteiger partial charge in [-0.2, -0.15) is 0 Å². The van der Waals surface area contributed by atoms with Gasteiger partial charge in [-0.3, -0.25) is 37.3 Å². The van der Waals surface area contributed by atoms with Crippen molar-refractivity contribution in [1.82, 2.24) is 0 Å². The maximum absolute atomic E-state index is 12.6. The zero-order chi connectivity index (χ0) is 44.9. The van der Waals surface area contributed by atoms with Gasteiger partial charge in [0.25, 0.3) is 0 Å². The minimum atomic E-state index is -4.90. The quantitative estimate of drug-likeness (QED) is 0.0224. The first-order valence-electron chi connectivity index (χ1n) is 22.3. The van der Waals surface area contributed by atoms with Crippen molar-refractivity contribution in [2.75, 3.05) is 39.6 Å². The van der Waals surface area contributed by atoms with Gasteiger partial charge in [-0.25, -0.2) is 9.13 Å². The lowest BCUT2D eigenvalue weighted by molar-refractivity contribution is -0.161. The van der Waals surface area contributed by atoms with Crippen LogP contribution in [-0.4, -0.2) is 96.7 Å². The molecule has 0 aromatic rings. The van der Waals surface area contributed by atoms with Gasteiger partial charge in [0, 0.05) is 25.7 Å². The number of hydrogen-bond donors (Lipinski definition) is 3. The first-order chi connectivity index (χ1) is 28.7. The van der Waals surface area contributed by atoms with Gasteiger partial charge in [0.2, 0.25) is 0 Å². The third-order valence-electron chi connectivity index (χ3n) is 9.10. The van der Waals surface area contributed by atoms with E-state index in [2.05, 4.69) is 6.92 Å². The number of rotatable bonds is 42. The summed E-state index contributed by atoms with van der Waals surface area (Å²) in [5.41, 5.74) is 0. The fourth-order valence-corrected chi connectivity index (χ4v) is 7.15. The van der Waals surface area contributed by atoms with E-state index in [0.29, 0.717) is 25.7 Å². The Kier molecular flexibility index (Phi) is 36.4. The second kappa shape index (κ2) is 37.6. The zero-order valence-corrected chi connectivity index (χ0v) is 38.7. The molecule has 0 rings (SSSR count). The normalized spacial score (nSPS) is 15.0. The first kappa shape index (κ1) is 58.1. The van der Waals surface area contributed by atoms with E-state index in [-0.39, 0.29) is 25.7 Å². The average Bonchev–Trinajstić information content (AvgIpc) is 3.21. The maximum atomic E-state index is 12.6. The number of phosphoric ester groups is 2. The maximum Gasteiger partial charge on any atom is 0.472 e. The highest BCUT2D eigenvalue weighted by atomic mass is 31.2. The number of carbonyl (C=O) groups is 4. The SMILES string of the molecule is CCCCCCCCCCCCC(=O)O[C@H](COC(=O)CCCCC)COP(=O)(O)OC[C@@H](O)COP(=O)(O)OC[C@@H](COC(=O)CCCCCC)OC(=O)CCCCC. The standard InChI is InChI=1S/C41H78O17P2/c1-5-9-13-15-16-17-18-19-20-24-28-41(46)58-37(31-51-38(43)25-21-11-7-3)34-56-60(49,50)54-30-35(42)29-53-59(47,48)55-33-36(57-40(45)27-22-12-8-4)32-52-39(44)26-23-14-10-6-2/h35-37,42H,5-34H2,1-4H3,(H,47,48)(H,49,50)/t35-,36+,37+/m0/s1. The topological polar surface area (TPSA) is 237 Å². The van der Waals surface area contributed by atoms with Crippen LogP contribution in [0.5, 0.6) is 0 Å². The Morgan fingerprint density at radius 2 is 0.667 bits per heavy atom. The Balaban J connectivity index is 5.01. The number of hydrogen-bond acceptors (Lipinski definition) is 15. The fraction of sp³-hybridized carbons (Fsp3) is 0.902. The van der Waals surface area contributed by atoms with E-state index in [1.54, 1.807) is 0 Å². The second-order valence-corrected chi connectivity index (χ2v) is 17.9. The lowest BCUT2D eigenvalue weighted by Gasteiger charge is -2.21.